The second kappa shape index (κ2) is 15.4. The van der Waals surface area contributed by atoms with Crippen LogP contribution in [0.25, 0.3) is 0 Å². The SMILES string of the molecule is OCN(CN(CNc1ccc(Oc2ccc(O)cc2)cc1)c1ccc(Oc2ccc(O)cc2)cc1)c1ccc(Oc2ccc(O)cc2)cc1. The molecule has 0 radical (unpaired) electrons. The van der Waals surface area contributed by atoms with Crippen LogP contribution < -0.4 is 29.3 Å². The molecular weight excluding hydrogens is 622 g/mol. The van der Waals surface area contributed by atoms with E-state index in [-0.39, 0.29) is 24.0 Å². The van der Waals surface area contributed by atoms with Gasteiger partial charge in [0, 0.05) is 17.1 Å². The van der Waals surface area contributed by atoms with Gasteiger partial charge in [0.25, 0.3) is 0 Å². The van der Waals surface area contributed by atoms with E-state index in [2.05, 4.69) is 10.2 Å². The zero-order chi connectivity index (χ0) is 34.0. The van der Waals surface area contributed by atoms with E-state index < -0.39 is 0 Å². The van der Waals surface area contributed by atoms with Gasteiger partial charge in [0.15, 0.2) is 0 Å². The smallest absolute Gasteiger partial charge is 0.127 e. The summed E-state index contributed by atoms with van der Waals surface area (Å²) in [6.07, 6.45) is 0. The maximum atomic E-state index is 10.4. The Balaban J connectivity index is 1.16. The van der Waals surface area contributed by atoms with Gasteiger partial charge in [-0.05, 0) is 146 Å². The predicted molar refractivity (Wildman–Crippen MR) is 189 cm³/mol. The number of nitrogens with one attached hydrogen (secondary N) is 1. The Hall–Kier alpha value is -6.52. The summed E-state index contributed by atoms with van der Waals surface area (Å²) < 4.78 is 17.7. The first-order valence-electron chi connectivity index (χ1n) is 15.5. The number of aliphatic hydroxyl groups excluding tert-OH is 1. The van der Waals surface area contributed by atoms with E-state index in [1.165, 1.54) is 0 Å². The minimum absolute atomic E-state index is 0.163. The lowest BCUT2D eigenvalue weighted by molar-refractivity contribution is 0.290. The molecule has 6 aromatic carbocycles. The quantitative estimate of drug-likeness (QED) is 0.0728. The van der Waals surface area contributed by atoms with Gasteiger partial charge in [-0.3, -0.25) is 0 Å². The van der Waals surface area contributed by atoms with Crippen LogP contribution in [0.2, 0.25) is 0 Å². The Morgan fingerprint density at radius 3 is 1.06 bits per heavy atom. The fraction of sp³-hybridized carbons (Fsp3) is 0.0769. The molecule has 0 aliphatic carbocycles. The predicted octanol–water partition coefficient (Wildman–Crippen LogP) is 8.47. The number of ether oxygens (including phenoxy) is 3. The average molecular weight is 658 g/mol. The lowest BCUT2D eigenvalue weighted by atomic mass is 10.2. The normalized spacial score (nSPS) is 10.6. The topological polar surface area (TPSA) is 127 Å². The summed E-state index contributed by atoms with van der Waals surface area (Å²) in [5.74, 6) is 4.23. The van der Waals surface area contributed by atoms with Gasteiger partial charge in [-0.25, -0.2) is 0 Å². The number of anilines is 3. The number of hydrogen-bond donors (Lipinski definition) is 5. The Morgan fingerprint density at radius 2 is 0.714 bits per heavy atom. The number of hydrogen-bond acceptors (Lipinski definition) is 10. The molecule has 0 saturated carbocycles. The van der Waals surface area contributed by atoms with Gasteiger partial charge in [-0.2, -0.15) is 0 Å². The Morgan fingerprint density at radius 1 is 0.408 bits per heavy atom. The standard InChI is InChI=1S/C39H35N3O7/c43-27-42(30-5-17-36(18-6-30)49-39-23-11-33(46)12-24-39)26-41(29-3-15-35(16-4-29)48-38-21-9-32(45)10-22-38)25-40-28-1-13-34(14-2-28)47-37-19-7-31(44)8-20-37/h1-24,40,43-46H,25-27H2. The molecule has 0 spiro atoms. The van der Waals surface area contributed by atoms with Crippen LogP contribution in [0.15, 0.2) is 146 Å². The molecule has 10 heteroatoms. The van der Waals surface area contributed by atoms with Gasteiger partial charge in [-0.15, -0.1) is 0 Å². The highest BCUT2D eigenvalue weighted by atomic mass is 16.5. The second-order valence-electron chi connectivity index (χ2n) is 11.0. The molecule has 0 amide bonds. The van der Waals surface area contributed by atoms with Crippen molar-refractivity contribution in [2.45, 2.75) is 0 Å². The number of phenols is 3. The molecule has 0 bridgehead atoms. The lowest BCUT2D eigenvalue weighted by Crippen LogP contribution is -2.41. The first kappa shape index (κ1) is 32.4. The number of nitrogens with zero attached hydrogens (tertiary/aromatic N) is 2. The lowest BCUT2D eigenvalue weighted by Gasteiger charge is -2.33. The maximum absolute atomic E-state index is 10.4. The van der Waals surface area contributed by atoms with Crippen molar-refractivity contribution in [3.05, 3.63) is 146 Å². The zero-order valence-electron chi connectivity index (χ0n) is 26.4. The number of aliphatic hydroxyl groups is 1. The molecule has 0 aromatic heterocycles. The van der Waals surface area contributed by atoms with Crippen LogP contribution in [0.3, 0.4) is 0 Å². The molecule has 6 rings (SSSR count). The third-order valence-corrected chi connectivity index (χ3v) is 7.46. The van der Waals surface area contributed by atoms with E-state index >= 15 is 0 Å². The molecule has 0 aliphatic rings. The van der Waals surface area contributed by atoms with Crippen molar-refractivity contribution in [3.8, 4) is 51.7 Å². The van der Waals surface area contributed by atoms with Crippen molar-refractivity contribution in [1.29, 1.82) is 0 Å². The van der Waals surface area contributed by atoms with Gasteiger partial charge in [0.05, 0.1) is 13.3 Å². The first-order chi connectivity index (χ1) is 23.9. The first-order valence-corrected chi connectivity index (χ1v) is 15.5. The van der Waals surface area contributed by atoms with E-state index in [9.17, 15) is 20.4 Å². The van der Waals surface area contributed by atoms with Crippen LogP contribution in [0.1, 0.15) is 0 Å². The van der Waals surface area contributed by atoms with E-state index in [1.807, 2.05) is 77.7 Å². The Kier molecular flexibility index (Phi) is 10.2. The van der Waals surface area contributed by atoms with Crippen LogP contribution >= 0.6 is 0 Å². The number of phenolic OH excluding ortho intramolecular Hbond substituents is 3. The van der Waals surface area contributed by atoms with Gasteiger partial charge >= 0.3 is 0 Å². The molecule has 6 aromatic rings. The van der Waals surface area contributed by atoms with Crippen molar-refractivity contribution in [2.75, 3.05) is 35.2 Å². The number of benzene rings is 6. The molecule has 0 heterocycles. The van der Waals surface area contributed by atoms with Gasteiger partial charge in [0.1, 0.15) is 58.5 Å². The molecule has 49 heavy (non-hydrogen) atoms. The molecule has 0 unspecified atom stereocenters. The maximum Gasteiger partial charge on any atom is 0.127 e. The molecule has 0 saturated heterocycles. The van der Waals surface area contributed by atoms with Crippen LogP contribution in [0, 0.1) is 0 Å². The van der Waals surface area contributed by atoms with Crippen molar-refractivity contribution >= 4 is 17.1 Å². The molecule has 0 fully saturated rings. The Bertz CT molecular complexity index is 1900. The summed E-state index contributed by atoms with van der Waals surface area (Å²) in [5.41, 5.74) is 2.53. The van der Waals surface area contributed by atoms with Crippen LogP contribution in [-0.2, 0) is 0 Å². The molecule has 248 valence electrons. The van der Waals surface area contributed by atoms with Crippen molar-refractivity contribution < 1.29 is 34.6 Å². The minimum atomic E-state index is -0.236. The van der Waals surface area contributed by atoms with Crippen LogP contribution in [-0.4, -0.2) is 40.5 Å². The van der Waals surface area contributed by atoms with Crippen LogP contribution in [0.5, 0.6) is 51.7 Å². The fourth-order valence-corrected chi connectivity index (χ4v) is 4.87. The summed E-state index contributed by atoms with van der Waals surface area (Å²) in [4.78, 5) is 3.89. The molecule has 10 nitrogen and oxygen atoms in total. The molecule has 0 atom stereocenters. The van der Waals surface area contributed by atoms with Gasteiger partial charge < -0.3 is 49.8 Å². The van der Waals surface area contributed by atoms with Gasteiger partial charge in [0.2, 0.25) is 0 Å². The van der Waals surface area contributed by atoms with Crippen molar-refractivity contribution in [3.63, 3.8) is 0 Å². The monoisotopic (exact) mass is 657 g/mol. The highest BCUT2D eigenvalue weighted by Crippen LogP contribution is 2.29. The van der Waals surface area contributed by atoms with Crippen molar-refractivity contribution in [1.82, 2.24) is 0 Å². The minimum Gasteiger partial charge on any atom is -0.508 e. The second-order valence-corrected chi connectivity index (χ2v) is 11.0. The summed E-state index contributed by atoms with van der Waals surface area (Å²) in [7, 11) is 0. The molecular formula is C39H35N3O7. The van der Waals surface area contributed by atoms with Crippen LogP contribution in [0.4, 0.5) is 17.1 Å². The highest BCUT2D eigenvalue weighted by Gasteiger charge is 2.14. The van der Waals surface area contributed by atoms with Gasteiger partial charge in [-0.1, -0.05) is 0 Å². The molecule has 5 N–H and O–H groups in total. The zero-order valence-corrected chi connectivity index (χ0v) is 26.4. The largest absolute Gasteiger partial charge is 0.508 e. The highest BCUT2D eigenvalue weighted by molar-refractivity contribution is 5.56. The van der Waals surface area contributed by atoms with E-state index in [0.717, 1.165) is 17.1 Å². The Labute approximate surface area is 283 Å². The van der Waals surface area contributed by atoms with Crippen molar-refractivity contribution in [2.24, 2.45) is 0 Å². The number of aromatic hydroxyl groups is 3. The summed E-state index contributed by atoms with van der Waals surface area (Å²) >= 11 is 0. The fourth-order valence-electron chi connectivity index (χ4n) is 4.87. The summed E-state index contributed by atoms with van der Waals surface area (Å²) in [6.45, 7) is 0.497. The number of rotatable bonds is 14. The van der Waals surface area contributed by atoms with E-state index in [1.54, 1.807) is 72.8 Å². The molecule has 0 aliphatic heterocycles. The summed E-state index contributed by atoms with van der Waals surface area (Å²) in [6, 6.07) is 42.1. The third-order valence-electron chi connectivity index (χ3n) is 7.46. The average Bonchev–Trinajstić information content (AvgIpc) is 3.13. The summed E-state index contributed by atoms with van der Waals surface area (Å²) in [5, 5.41) is 42.5. The third kappa shape index (κ3) is 9.06. The van der Waals surface area contributed by atoms with E-state index in [4.69, 9.17) is 14.2 Å². The van der Waals surface area contributed by atoms with E-state index in [0.29, 0.717) is 47.8 Å².